The molecule has 1 unspecified atom stereocenters. The number of hydrogen-bond acceptors (Lipinski definition) is 5. The molecule has 0 fully saturated rings. The van der Waals surface area contributed by atoms with Crippen molar-refractivity contribution >= 4 is 28.4 Å². The highest BCUT2D eigenvalue weighted by atomic mass is 16.5. The van der Waals surface area contributed by atoms with E-state index in [1.54, 1.807) is 41.3 Å². The molecule has 2 aromatic carbocycles. The maximum Gasteiger partial charge on any atom is 0.326 e. The molecule has 0 aliphatic carbocycles. The normalized spacial score (nSPS) is 12.6. The number of nitrogens with one attached hydrogen (secondary N) is 1. The Hall–Kier alpha value is -3.74. The number of methoxy groups -OCH3 is 2. The summed E-state index contributed by atoms with van der Waals surface area (Å²) in [4.78, 5) is 24.0. The lowest BCUT2D eigenvalue weighted by Gasteiger charge is -2.17. The van der Waals surface area contributed by atoms with Crippen LogP contribution in [0.4, 0.5) is 0 Å². The Morgan fingerprint density at radius 1 is 1.12 bits per heavy atom. The summed E-state index contributed by atoms with van der Waals surface area (Å²) in [6, 6.07) is 8.61. The van der Waals surface area contributed by atoms with Gasteiger partial charge in [0.15, 0.2) is 0 Å². The minimum atomic E-state index is -1.07. The minimum Gasteiger partial charge on any atom is -0.496 e. The van der Waals surface area contributed by atoms with Crippen molar-refractivity contribution in [3.8, 4) is 22.6 Å². The molecule has 0 aliphatic heterocycles. The van der Waals surface area contributed by atoms with E-state index in [0.717, 1.165) is 27.8 Å². The molecule has 0 spiro atoms. The number of allylic oxidation sites excluding steroid dienone is 1. The monoisotopic (exact) mass is 451 g/mol. The highest BCUT2D eigenvalue weighted by Crippen LogP contribution is 2.42. The summed E-state index contributed by atoms with van der Waals surface area (Å²) in [6.45, 7) is 7.17. The Balaban J connectivity index is 2.11. The second kappa shape index (κ2) is 9.81. The Bertz CT molecular complexity index is 1220. The van der Waals surface area contributed by atoms with Crippen LogP contribution in [0.15, 0.2) is 47.1 Å². The Kier molecular flexibility index (Phi) is 7.11. The zero-order valence-corrected chi connectivity index (χ0v) is 19.7. The van der Waals surface area contributed by atoms with Gasteiger partial charge in [0.25, 0.3) is 0 Å². The molecule has 174 valence electrons. The number of benzene rings is 2. The van der Waals surface area contributed by atoms with Gasteiger partial charge in [-0.25, -0.2) is 4.79 Å². The van der Waals surface area contributed by atoms with Gasteiger partial charge in [0, 0.05) is 33.7 Å². The van der Waals surface area contributed by atoms with Gasteiger partial charge in [-0.15, -0.1) is 0 Å². The number of aryl methyl sites for hydroxylation is 1. The van der Waals surface area contributed by atoms with Crippen molar-refractivity contribution in [1.29, 1.82) is 0 Å². The first-order chi connectivity index (χ1) is 15.7. The zero-order chi connectivity index (χ0) is 24.3. The van der Waals surface area contributed by atoms with E-state index in [0.29, 0.717) is 22.5 Å². The number of aliphatic carboxylic acids is 1. The topological polar surface area (TPSA) is 98.0 Å². The lowest BCUT2D eigenvalue weighted by molar-refractivity contribution is -0.142. The molecular weight excluding hydrogens is 422 g/mol. The third-order valence-electron chi connectivity index (χ3n) is 5.65. The largest absolute Gasteiger partial charge is 0.496 e. The van der Waals surface area contributed by atoms with Crippen molar-refractivity contribution in [2.24, 2.45) is 5.92 Å². The van der Waals surface area contributed by atoms with Crippen LogP contribution in [0.5, 0.6) is 11.5 Å². The van der Waals surface area contributed by atoms with Crippen molar-refractivity contribution in [3.05, 3.63) is 53.8 Å². The molecule has 0 saturated carbocycles. The first kappa shape index (κ1) is 23.9. The number of para-hydroxylation sites is 1. The van der Waals surface area contributed by atoms with Crippen LogP contribution in [0.2, 0.25) is 0 Å². The number of furan rings is 1. The van der Waals surface area contributed by atoms with Gasteiger partial charge < -0.3 is 24.3 Å². The fraction of sp³-hybridized carbons (Fsp3) is 0.308. The van der Waals surface area contributed by atoms with E-state index in [-0.39, 0.29) is 5.92 Å². The summed E-state index contributed by atoms with van der Waals surface area (Å²) in [7, 11) is 3.18. The van der Waals surface area contributed by atoms with E-state index in [1.165, 1.54) is 6.08 Å². The molecule has 0 aliphatic rings. The zero-order valence-electron chi connectivity index (χ0n) is 19.7. The summed E-state index contributed by atoms with van der Waals surface area (Å²) < 4.78 is 17.1. The fourth-order valence-corrected chi connectivity index (χ4v) is 3.93. The molecule has 1 aromatic heterocycles. The number of fused-ring (bicyclic) bond motifs is 1. The molecule has 3 aromatic rings. The van der Waals surface area contributed by atoms with Gasteiger partial charge in [0.2, 0.25) is 5.91 Å². The maximum atomic E-state index is 12.6. The van der Waals surface area contributed by atoms with Crippen molar-refractivity contribution in [2.45, 2.75) is 33.7 Å². The summed E-state index contributed by atoms with van der Waals surface area (Å²) in [5.74, 6) is -0.494. The SMILES string of the molecule is COc1ccccc1-c1coc2c(C)c(OC)c(/C(C)=C/C(=O)NC(C(=O)O)C(C)C)cc12. The van der Waals surface area contributed by atoms with Crippen LogP contribution in [-0.4, -0.2) is 37.2 Å². The molecule has 33 heavy (non-hydrogen) atoms. The van der Waals surface area contributed by atoms with Crippen molar-refractivity contribution in [2.75, 3.05) is 14.2 Å². The van der Waals surface area contributed by atoms with Gasteiger partial charge in [-0.1, -0.05) is 32.0 Å². The molecule has 0 saturated heterocycles. The number of carbonyl (C=O) groups excluding carboxylic acids is 1. The second-order valence-corrected chi connectivity index (χ2v) is 8.20. The molecule has 2 N–H and O–H groups in total. The summed E-state index contributed by atoms with van der Waals surface area (Å²) in [5, 5.41) is 12.8. The quantitative estimate of drug-likeness (QED) is 0.465. The van der Waals surface area contributed by atoms with Crippen LogP contribution in [0.25, 0.3) is 27.7 Å². The lowest BCUT2D eigenvalue weighted by atomic mass is 9.96. The first-order valence-corrected chi connectivity index (χ1v) is 10.6. The van der Waals surface area contributed by atoms with Gasteiger partial charge in [-0.05, 0) is 37.5 Å². The highest BCUT2D eigenvalue weighted by Gasteiger charge is 2.24. The first-order valence-electron chi connectivity index (χ1n) is 10.6. The maximum absolute atomic E-state index is 12.6. The summed E-state index contributed by atoms with van der Waals surface area (Å²) in [5.41, 5.74) is 4.57. The van der Waals surface area contributed by atoms with Gasteiger partial charge in [0.05, 0.1) is 20.5 Å². The third-order valence-corrected chi connectivity index (χ3v) is 5.65. The Morgan fingerprint density at radius 2 is 1.82 bits per heavy atom. The van der Waals surface area contributed by atoms with E-state index >= 15 is 0 Å². The van der Waals surface area contributed by atoms with Crippen molar-refractivity contribution in [3.63, 3.8) is 0 Å². The fourth-order valence-electron chi connectivity index (χ4n) is 3.93. The van der Waals surface area contributed by atoms with Crippen LogP contribution in [0.3, 0.4) is 0 Å². The van der Waals surface area contributed by atoms with E-state index in [1.807, 2.05) is 37.3 Å². The van der Waals surface area contributed by atoms with E-state index in [9.17, 15) is 14.7 Å². The van der Waals surface area contributed by atoms with Crippen LogP contribution >= 0.6 is 0 Å². The van der Waals surface area contributed by atoms with E-state index in [2.05, 4.69) is 5.32 Å². The average molecular weight is 452 g/mol. The molecular formula is C26H29NO6. The van der Waals surface area contributed by atoms with Gasteiger partial charge in [-0.2, -0.15) is 0 Å². The van der Waals surface area contributed by atoms with Crippen LogP contribution in [-0.2, 0) is 9.59 Å². The molecule has 3 rings (SSSR count). The molecule has 0 radical (unpaired) electrons. The van der Waals surface area contributed by atoms with Crippen molar-refractivity contribution in [1.82, 2.24) is 5.32 Å². The van der Waals surface area contributed by atoms with Gasteiger partial charge in [-0.3, -0.25) is 4.79 Å². The Morgan fingerprint density at radius 3 is 2.42 bits per heavy atom. The summed E-state index contributed by atoms with van der Waals surface area (Å²) >= 11 is 0. The molecule has 1 heterocycles. The second-order valence-electron chi connectivity index (χ2n) is 8.20. The number of carbonyl (C=O) groups is 2. The molecule has 0 bridgehead atoms. The van der Waals surface area contributed by atoms with Gasteiger partial charge in [0.1, 0.15) is 23.1 Å². The van der Waals surface area contributed by atoms with Gasteiger partial charge >= 0.3 is 5.97 Å². The lowest BCUT2D eigenvalue weighted by Crippen LogP contribution is -2.43. The molecule has 1 amide bonds. The van der Waals surface area contributed by atoms with Crippen LogP contribution in [0.1, 0.15) is 31.9 Å². The predicted molar refractivity (Wildman–Crippen MR) is 128 cm³/mol. The number of carboxylic acid groups (broad SMARTS) is 1. The standard InChI is InChI=1S/C26H29NO6/c1-14(2)23(26(29)30)27-22(28)11-15(3)18-12-19-20(17-9-7-8-10-21(17)31-5)13-33-25(19)16(4)24(18)32-6/h7-14,23H,1-6H3,(H,27,28)(H,29,30)/b15-11+. The molecule has 1 atom stereocenters. The highest BCUT2D eigenvalue weighted by molar-refractivity contribution is 6.02. The van der Waals surface area contributed by atoms with Crippen LogP contribution in [0, 0.1) is 12.8 Å². The average Bonchev–Trinajstić information content (AvgIpc) is 3.21. The number of hydrogen-bond donors (Lipinski definition) is 2. The summed E-state index contributed by atoms with van der Waals surface area (Å²) in [6.07, 6.45) is 3.08. The van der Waals surface area contributed by atoms with Crippen LogP contribution < -0.4 is 14.8 Å². The number of amides is 1. The number of rotatable bonds is 8. The van der Waals surface area contributed by atoms with E-state index < -0.39 is 17.9 Å². The van der Waals surface area contributed by atoms with Crippen molar-refractivity contribution < 1.29 is 28.6 Å². The third kappa shape index (κ3) is 4.72. The minimum absolute atomic E-state index is 0.248. The Labute approximate surface area is 193 Å². The molecule has 7 heteroatoms. The number of ether oxygens (including phenoxy) is 2. The van der Waals surface area contributed by atoms with E-state index in [4.69, 9.17) is 13.9 Å². The predicted octanol–water partition coefficient (Wildman–Crippen LogP) is 5.05. The molecule has 7 nitrogen and oxygen atoms in total. The smallest absolute Gasteiger partial charge is 0.326 e. The number of carboxylic acids is 1.